The van der Waals surface area contributed by atoms with Crippen molar-refractivity contribution in [2.75, 3.05) is 20.0 Å². The van der Waals surface area contributed by atoms with E-state index < -0.39 is 0 Å². The fourth-order valence-electron chi connectivity index (χ4n) is 0. The van der Waals surface area contributed by atoms with Crippen molar-refractivity contribution in [3.05, 3.63) is 0 Å². The highest BCUT2D eigenvalue weighted by Crippen LogP contribution is 2.14. The number of hydrogen-bond acceptors (Lipinski definition) is 0. The standard InChI is InChI=1S/C3H9P.BI/c1-4(2)3;1-2/h1-3H3;. The topological polar surface area (TPSA) is 0 Å². The van der Waals surface area contributed by atoms with Crippen molar-refractivity contribution in [1.29, 1.82) is 0 Å². The molecule has 36 valence electrons. The molecule has 0 aliphatic heterocycles. The Balaban J connectivity index is 0. The molecule has 0 unspecified atom stereocenters. The molecule has 0 saturated carbocycles. The summed E-state index contributed by atoms with van der Waals surface area (Å²) in [5.41, 5.74) is 4.47. The molecule has 3 heteroatoms. The van der Waals surface area contributed by atoms with Gasteiger partial charge in [-0.3, -0.25) is 0 Å². The first kappa shape index (κ1) is 10.3. The van der Waals surface area contributed by atoms with E-state index in [0.29, 0.717) is 7.92 Å². The van der Waals surface area contributed by atoms with Gasteiger partial charge in [-0.25, -0.2) is 0 Å². The summed E-state index contributed by atoms with van der Waals surface area (Å²) in [5, 5.41) is 0. The number of hydrogen-bond donors (Lipinski definition) is 0. The van der Waals surface area contributed by atoms with E-state index in [9.17, 15) is 0 Å². The molecular weight excluding hydrogens is 205 g/mol. The normalized spacial score (nSPS) is 6.83. The smallest absolute Gasteiger partial charge is 0.169 e. The van der Waals surface area contributed by atoms with Crippen LogP contribution >= 0.6 is 30.3 Å². The van der Waals surface area contributed by atoms with Crippen LogP contribution in [-0.2, 0) is 0 Å². The maximum Gasteiger partial charge on any atom is 0.169 e. The van der Waals surface area contributed by atoms with E-state index in [-0.39, 0.29) is 0 Å². The molecule has 0 aliphatic carbocycles. The lowest BCUT2D eigenvalue weighted by molar-refractivity contribution is 2.13. The maximum atomic E-state index is 4.47. The summed E-state index contributed by atoms with van der Waals surface area (Å²) < 4.78 is 0. The van der Waals surface area contributed by atoms with Crippen molar-refractivity contribution < 1.29 is 0 Å². The van der Waals surface area contributed by atoms with Crippen LogP contribution in [0, 0.1) is 0 Å². The predicted octanol–water partition coefficient (Wildman–Crippen LogP) is 1.86. The first-order valence-electron chi connectivity index (χ1n) is 1.56. The van der Waals surface area contributed by atoms with Crippen LogP contribution in [0.15, 0.2) is 0 Å². The van der Waals surface area contributed by atoms with Gasteiger partial charge in [-0.05, 0) is 20.0 Å². The summed E-state index contributed by atoms with van der Waals surface area (Å²) in [6, 6.07) is 0. The summed E-state index contributed by atoms with van der Waals surface area (Å²) in [5.74, 6) is 0. The van der Waals surface area contributed by atoms with E-state index >= 15 is 0 Å². The largest absolute Gasteiger partial charge is 0.169 e. The van der Waals surface area contributed by atoms with E-state index in [1.807, 2.05) is 0 Å². The minimum Gasteiger partial charge on any atom is -0.169 e. The van der Waals surface area contributed by atoms with E-state index in [2.05, 4.69) is 25.7 Å². The highest BCUT2D eigenvalue weighted by molar-refractivity contribution is 14.1. The summed E-state index contributed by atoms with van der Waals surface area (Å²) in [4.78, 5) is 0. The Morgan fingerprint density at radius 1 is 1.17 bits per heavy atom. The molecule has 0 saturated heterocycles. The molecular formula is C3H9BIP. The molecule has 0 aromatic carbocycles. The second kappa shape index (κ2) is 9.52. The zero-order valence-electron chi connectivity index (χ0n) is 4.40. The molecule has 0 aromatic heterocycles. The van der Waals surface area contributed by atoms with E-state index in [0.717, 1.165) is 0 Å². The molecule has 0 amide bonds. The average molecular weight is 214 g/mol. The number of rotatable bonds is 0. The van der Waals surface area contributed by atoms with E-state index in [1.165, 1.54) is 0 Å². The van der Waals surface area contributed by atoms with Gasteiger partial charge in [0.2, 0.25) is 0 Å². The van der Waals surface area contributed by atoms with Crippen LogP contribution in [0.3, 0.4) is 0 Å². The van der Waals surface area contributed by atoms with Gasteiger partial charge in [0, 0.05) is 0 Å². The van der Waals surface area contributed by atoms with Crippen molar-refractivity contribution in [2.45, 2.75) is 0 Å². The molecule has 0 rings (SSSR count). The van der Waals surface area contributed by atoms with E-state index in [1.54, 1.807) is 22.4 Å². The zero-order chi connectivity index (χ0) is 5.58. The lowest BCUT2D eigenvalue weighted by Crippen LogP contribution is -1.48. The highest BCUT2D eigenvalue weighted by atomic mass is 127. The molecule has 6 heavy (non-hydrogen) atoms. The van der Waals surface area contributed by atoms with Gasteiger partial charge < -0.3 is 0 Å². The van der Waals surface area contributed by atoms with Gasteiger partial charge in [0.05, 0.1) is 0 Å². The van der Waals surface area contributed by atoms with Crippen molar-refractivity contribution in [2.24, 2.45) is 0 Å². The van der Waals surface area contributed by atoms with Gasteiger partial charge in [0.15, 0.2) is 5.70 Å². The first-order valence-corrected chi connectivity index (χ1v) is 5.49. The van der Waals surface area contributed by atoms with Crippen LogP contribution in [0.25, 0.3) is 0 Å². The Morgan fingerprint density at radius 2 is 1.17 bits per heavy atom. The molecule has 0 spiro atoms. The Bertz CT molecular complexity index is 15.5. The zero-order valence-corrected chi connectivity index (χ0v) is 7.45. The fraction of sp³-hybridized carbons (Fsp3) is 1.00. The molecule has 0 heterocycles. The predicted molar refractivity (Wildman–Crippen MR) is 44.5 cm³/mol. The summed E-state index contributed by atoms with van der Waals surface area (Å²) in [6.45, 7) is 6.69. The lowest BCUT2D eigenvalue weighted by atomic mass is 10.8. The molecule has 0 nitrogen and oxygen atoms in total. The molecule has 0 N–H and O–H groups in total. The fourth-order valence-corrected chi connectivity index (χ4v) is 0. The van der Waals surface area contributed by atoms with E-state index in [4.69, 9.17) is 0 Å². The van der Waals surface area contributed by atoms with Crippen molar-refractivity contribution >= 4 is 36.0 Å². The second-order valence-corrected chi connectivity index (χ2v) is 4.02. The average Bonchev–Trinajstić information content (AvgIpc) is 1.41. The summed E-state index contributed by atoms with van der Waals surface area (Å²) >= 11 is 1.65. The Kier molecular flexibility index (Phi) is 16.3. The van der Waals surface area contributed by atoms with Crippen LogP contribution < -0.4 is 0 Å². The van der Waals surface area contributed by atoms with Gasteiger partial charge in [0.25, 0.3) is 0 Å². The molecule has 0 aromatic rings. The monoisotopic (exact) mass is 214 g/mol. The van der Waals surface area contributed by atoms with Gasteiger partial charge in [-0.2, -0.15) is 22.4 Å². The highest BCUT2D eigenvalue weighted by Gasteiger charge is 1.65. The minimum absolute atomic E-state index is 0.380. The third kappa shape index (κ3) is 62.2. The second-order valence-electron chi connectivity index (χ2n) is 1.34. The van der Waals surface area contributed by atoms with Crippen LogP contribution in [0.2, 0.25) is 0 Å². The van der Waals surface area contributed by atoms with Crippen molar-refractivity contribution in [3.8, 4) is 0 Å². The van der Waals surface area contributed by atoms with Crippen molar-refractivity contribution in [1.82, 2.24) is 0 Å². The van der Waals surface area contributed by atoms with Crippen LogP contribution in [-0.4, -0.2) is 25.7 Å². The summed E-state index contributed by atoms with van der Waals surface area (Å²) in [7, 11) is 0.380. The van der Waals surface area contributed by atoms with Crippen LogP contribution in [0.4, 0.5) is 0 Å². The van der Waals surface area contributed by atoms with Gasteiger partial charge in [-0.1, -0.05) is 0 Å². The molecule has 0 atom stereocenters. The van der Waals surface area contributed by atoms with Gasteiger partial charge >= 0.3 is 0 Å². The molecule has 0 aliphatic rings. The van der Waals surface area contributed by atoms with Gasteiger partial charge in [0.1, 0.15) is 0 Å². The third-order valence-electron chi connectivity index (χ3n) is 0. The van der Waals surface area contributed by atoms with Crippen LogP contribution in [0.1, 0.15) is 0 Å². The maximum absolute atomic E-state index is 4.47. The lowest BCUT2D eigenvalue weighted by Gasteiger charge is -1.81. The SMILES string of the molecule is CP(C)C.[B]I. The minimum atomic E-state index is 0.380. The molecule has 2 radical (unpaired) electrons. The van der Waals surface area contributed by atoms with Gasteiger partial charge in [-0.15, -0.1) is 7.92 Å². The third-order valence-corrected chi connectivity index (χ3v) is 0. The Hall–Kier alpha value is 1.22. The molecule has 0 fully saturated rings. The van der Waals surface area contributed by atoms with Crippen molar-refractivity contribution in [3.63, 3.8) is 0 Å². The molecule has 0 bridgehead atoms. The Labute approximate surface area is 56.1 Å². The number of halogens is 1. The summed E-state index contributed by atoms with van der Waals surface area (Å²) in [6.07, 6.45) is 0. The quantitative estimate of drug-likeness (QED) is 0.328. The first-order chi connectivity index (χ1) is 2.73. The Morgan fingerprint density at radius 3 is 1.17 bits per heavy atom. The van der Waals surface area contributed by atoms with Crippen LogP contribution in [0.5, 0.6) is 0 Å².